The van der Waals surface area contributed by atoms with Crippen LogP contribution in [0.5, 0.6) is 5.75 Å². The summed E-state index contributed by atoms with van der Waals surface area (Å²) in [6.45, 7) is 0.785. The first-order valence-corrected chi connectivity index (χ1v) is 8.18. The Hall–Kier alpha value is -2.83. The fraction of sp³-hybridized carbons (Fsp3) is 0.316. The summed E-state index contributed by atoms with van der Waals surface area (Å²) in [7, 11) is 0. The smallest absolute Gasteiger partial charge is 0.387 e. The van der Waals surface area contributed by atoms with E-state index in [9.17, 15) is 18.4 Å². The van der Waals surface area contributed by atoms with Gasteiger partial charge in [-0.3, -0.25) is 14.6 Å². The van der Waals surface area contributed by atoms with Crippen molar-refractivity contribution < 1.29 is 23.1 Å². The van der Waals surface area contributed by atoms with Gasteiger partial charge in [-0.05, 0) is 36.8 Å². The number of nitrogens with zero attached hydrogens (tertiary/aromatic N) is 1. The van der Waals surface area contributed by atoms with Crippen molar-refractivity contribution >= 4 is 11.7 Å². The number of amides is 1. The second-order valence-corrected chi connectivity index (χ2v) is 5.77. The number of ether oxygens (including phenoxy) is 1. The van der Waals surface area contributed by atoms with Crippen molar-refractivity contribution in [2.75, 3.05) is 0 Å². The van der Waals surface area contributed by atoms with E-state index in [4.69, 9.17) is 0 Å². The third kappa shape index (κ3) is 5.91. The number of ketones is 1. The Morgan fingerprint density at radius 1 is 1.23 bits per heavy atom. The second kappa shape index (κ2) is 9.03. The second-order valence-electron chi connectivity index (χ2n) is 5.77. The molecule has 0 fully saturated rings. The quantitative estimate of drug-likeness (QED) is 0.781. The number of carbonyl (C=O) groups is 2. The minimum atomic E-state index is -2.90. The molecule has 0 aliphatic carbocycles. The third-order valence-corrected chi connectivity index (χ3v) is 3.62. The van der Waals surface area contributed by atoms with Crippen molar-refractivity contribution in [1.29, 1.82) is 0 Å². The van der Waals surface area contributed by atoms with E-state index in [0.29, 0.717) is 28.9 Å². The molecule has 1 aromatic carbocycles. The molecule has 0 aliphatic rings. The first kappa shape index (κ1) is 19.5. The highest BCUT2D eigenvalue weighted by atomic mass is 19.3. The van der Waals surface area contributed by atoms with Crippen LogP contribution in [0.15, 0.2) is 36.4 Å². The lowest BCUT2D eigenvalue weighted by molar-refractivity contribution is -0.118. The molecule has 1 amide bonds. The molecule has 1 aromatic heterocycles. The van der Waals surface area contributed by atoms with Gasteiger partial charge in [-0.1, -0.05) is 19.1 Å². The Labute approximate surface area is 150 Å². The van der Waals surface area contributed by atoms with Crippen molar-refractivity contribution in [3.8, 4) is 5.75 Å². The van der Waals surface area contributed by atoms with Gasteiger partial charge >= 0.3 is 6.61 Å². The first-order valence-electron chi connectivity index (χ1n) is 8.18. The third-order valence-electron chi connectivity index (χ3n) is 3.62. The van der Waals surface area contributed by atoms with Crippen LogP contribution in [0.4, 0.5) is 8.78 Å². The molecule has 0 unspecified atom stereocenters. The van der Waals surface area contributed by atoms with Crippen molar-refractivity contribution in [1.82, 2.24) is 10.3 Å². The molecule has 2 rings (SSSR count). The molecule has 1 N–H and O–H groups in total. The Bertz CT molecular complexity index is 794. The van der Waals surface area contributed by atoms with Crippen LogP contribution in [0, 0.1) is 6.92 Å². The summed E-state index contributed by atoms with van der Waals surface area (Å²) in [5.41, 5.74) is 2.22. The first-order chi connectivity index (χ1) is 12.4. The molecular weight excluding hydrogens is 342 g/mol. The molecule has 0 saturated carbocycles. The van der Waals surface area contributed by atoms with Gasteiger partial charge in [0.2, 0.25) is 0 Å². The van der Waals surface area contributed by atoms with Crippen molar-refractivity contribution in [3.63, 3.8) is 0 Å². The topological polar surface area (TPSA) is 68.3 Å². The fourth-order valence-corrected chi connectivity index (χ4v) is 2.40. The number of pyridine rings is 1. The number of rotatable bonds is 8. The lowest BCUT2D eigenvalue weighted by atomic mass is 10.1. The van der Waals surface area contributed by atoms with E-state index in [0.717, 1.165) is 0 Å². The minimum Gasteiger partial charge on any atom is -0.435 e. The standard InChI is InChI=1S/C19H20F2N2O3/c1-3-16(24)10-15-9-14(7-12(2)23-15)18(25)22-11-13-5-4-6-17(8-13)26-19(20)21/h4-9,19H,3,10-11H2,1-2H3,(H,22,25). The predicted molar refractivity (Wildman–Crippen MR) is 92.2 cm³/mol. The summed E-state index contributed by atoms with van der Waals surface area (Å²) in [5, 5.41) is 2.72. The van der Waals surface area contributed by atoms with Gasteiger partial charge in [0, 0.05) is 36.3 Å². The predicted octanol–water partition coefficient (Wildman–Crippen LogP) is 3.44. The maximum atomic E-state index is 12.4. The molecular formula is C19H20F2N2O3. The molecule has 5 nitrogen and oxygen atoms in total. The Morgan fingerprint density at radius 3 is 2.69 bits per heavy atom. The monoisotopic (exact) mass is 362 g/mol. The molecule has 0 atom stereocenters. The van der Waals surface area contributed by atoms with Crippen molar-refractivity contribution in [2.24, 2.45) is 0 Å². The molecule has 0 spiro atoms. The number of aromatic nitrogens is 1. The average Bonchev–Trinajstić information content (AvgIpc) is 2.58. The van der Waals surface area contributed by atoms with Crippen LogP contribution >= 0.6 is 0 Å². The van der Waals surface area contributed by atoms with E-state index in [-0.39, 0.29) is 30.4 Å². The van der Waals surface area contributed by atoms with E-state index in [1.807, 2.05) is 0 Å². The highest BCUT2D eigenvalue weighted by molar-refractivity contribution is 5.94. The Morgan fingerprint density at radius 2 is 2.00 bits per heavy atom. The molecule has 1 heterocycles. The van der Waals surface area contributed by atoms with Crippen molar-refractivity contribution in [2.45, 2.75) is 39.8 Å². The fourth-order valence-electron chi connectivity index (χ4n) is 2.40. The highest BCUT2D eigenvalue weighted by Gasteiger charge is 2.11. The van der Waals surface area contributed by atoms with E-state index in [1.54, 1.807) is 38.1 Å². The van der Waals surface area contributed by atoms with Gasteiger partial charge in [0.05, 0.1) is 0 Å². The number of nitrogens with one attached hydrogen (secondary N) is 1. The molecule has 0 radical (unpaired) electrons. The lowest BCUT2D eigenvalue weighted by Crippen LogP contribution is -2.23. The van der Waals surface area contributed by atoms with Crippen LogP contribution in [0.2, 0.25) is 0 Å². The number of halogens is 2. The van der Waals surface area contributed by atoms with Crippen LogP contribution in [0.3, 0.4) is 0 Å². The van der Waals surface area contributed by atoms with Crippen molar-refractivity contribution in [3.05, 3.63) is 58.9 Å². The summed E-state index contributed by atoms with van der Waals surface area (Å²) in [4.78, 5) is 28.2. The summed E-state index contributed by atoms with van der Waals surface area (Å²) >= 11 is 0. The van der Waals surface area contributed by atoms with Gasteiger partial charge in [-0.2, -0.15) is 8.78 Å². The van der Waals surface area contributed by atoms with Crippen LogP contribution in [0.1, 0.15) is 40.7 Å². The van der Waals surface area contributed by atoms with E-state index in [1.165, 1.54) is 12.1 Å². The van der Waals surface area contributed by atoms with Crippen LogP contribution in [-0.4, -0.2) is 23.3 Å². The van der Waals surface area contributed by atoms with Gasteiger partial charge in [0.1, 0.15) is 11.5 Å². The maximum absolute atomic E-state index is 12.4. The lowest BCUT2D eigenvalue weighted by Gasteiger charge is -2.09. The molecule has 0 bridgehead atoms. The summed E-state index contributed by atoms with van der Waals surface area (Å²) in [6.07, 6.45) is 0.597. The number of hydrogen-bond donors (Lipinski definition) is 1. The van der Waals surface area contributed by atoms with E-state index >= 15 is 0 Å². The van der Waals surface area contributed by atoms with Crippen LogP contribution in [0.25, 0.3) is 0 Å². The van der Waals surface area contributed by atoms with Gasteiger partial charge in [-0.25, -0.2) is 0 Å². The van der Waals surface area contributed by atoms with Gasteiger partial charge < -0.3 is 10.1 Å². The zero-order valence-corrected chi connectivity index (χ0v) is 14.6. The van der Waals surface area contributed by atoms with Gasteiger partial charge in [-0.15, -0.1) is 0 Å². The van der Waals surface area contributed by atoms with E-state index in [2.05, 4.69) is 15.0 Å². The molecule has 2 aromatic rings. The minimum absolute atomic E-state index is 0.0341. The average molecular weight is 362 g/mol. The Balaban J connectivity index is 2.05. The van der Waals surface area contributed by atoms with Gasteiger partial charge in [0.15, 0.2) is 0 Å². The van der Waals surface area contributed by atoms with Crippen LogP contribution < -0.4 is 10.1 Å². The maximum Gasteiger partial charge on any atom is 0.387 e. The zero-order chi connectivity index (χ0) is 19.1. The summed E-state index contributed by atoms with van der Waals surface area (Å²) in [6, 6.07) is 9.35. The number of hydrogen-bond acceptors (Lipinski definition) is 4. The SMILES string of the molecule is CCC(=O)Cc1cc(C(=O)NCc2cccc(OC(F)F)c2)cc(C)n1. The molecule has 7 heteroatoms. The largest absolute Gasteiger partial charge is 0.435 e. The number of Topliss-reactive ketones (excluding diaryl/α,β-unsaturated/α-hetero) is 1. The van der Waals surface area contributed by atoms with Gasteiger partial charge in [0.25, 0.3) is 5.91 Å². The number of aryl methyl sites for hydroxylation is 1. The van der Waals surface area contributed by atoms with Crippen LogP contribution in [-0.2, 0) is 17.8 Å². The normalized spacial score (nSPS) is 10.7. The number of benzene rings is 1. The number of alkyl halides is 2. The highest BCUT2D eigenvalue weighted by Crippen LogP contribution is 2.16. The molecule has 0 saturated heterocycles. The molecule has 26 heavy (non-hydrogen) atoms. The molecule has 0 aliphatic heterocycles. The van der Waals surface area contributed by atoms with E-state index < -0.39 is 6.61 Å². The summed E-state index contributed by atoms with van der Waals surface area (Å²) < 4.78 is 28.9. The Kier molecular flexibility index (Phi) is 6.77. The number of carbonyl (C=O) groups excluding carboxylic acids is 2. The molecule has 138 valence electrons. The zero-order valence-electron chi connectivity index (χ0n) is 14.6. The summed E-state index contributed by atoms with van der Waals surface area (Å²) in [5.74, 6) is -0.252.